The van der Waals surface area contributed by atoms with Crippen LogP contribution in [0.3, 0.4) is 0 Å². The summed E-state index contributed by atoms with van der Waals surface area (Å²) in [5, 5.41) is 12.1. The molecule has 146 valence electrons. The third-order valence-corrected chi connectivity index (χ3v) is 4.75. The van der Waals surface area contributed by atoms with Crippen LogP contribution < -0.4 is 10.6 Å². The molecule has 0 saturated carbocycles. The monoisotopic (exact) mass is 396 g/mol. The fourth-order valence-corrected chi connectivity index (χ4v) is 3.48. The minimum Gasteiger partial charge on any atom is -0.350 e. The Bertz CT molecular complexity index is 941. The van der Waals surface area contributed by atoms with Gasteiger partial charge in [-0.2, -0.15) is 5.10 Å². The maximum absolute atomic E-state index is 12.8. The van der Waals surface area contributed by atoms with Gasteiger partial charge in [0, 0.05) is 11.7 Å². The van der Waals surface area contributed by atoms with Crippen LogP contribution in [0.2, 0.25) is 0 Å². The van der Waals surface area contributed by atoms with Crippen molar-refractivity contribution in [3.63, 3.8) is 0 Å². The summed E-state index contributed by atoms with van der Waals surface area (Å²) in [6.07, 6.45) is 1.74. The predicted octanol–water partition coefficient (Wildman–Crippen LogP) is 3.30. The van der Waals surface area contributed by atoms with Crippen molar-refractivity contribution in [3.05, 3.63) is 65.2 Å². The van der Waals surface area contributed by atoms with Gasteiger partial charge >= 0.3 is 0 Å². The van der Waals surface area contributed by atoms with Gasteiger partial charge in [-0.3, -0.25) is 14.3 Å². The molecule has 0 atom stereocenters. The highest BCUT2D eigenvalue weighted by Gasteiger charge is 2.20. The fourth-order valence-electron chi connectivity index (χ4n) is 2.75. The summed E-state index contributed by atoms with van der Waals surface area (Å²) >= 11 is 1.52. The molecule has 0 fully saturated rings. The summed E-state index contributed by atoms with van der Waals surface area (Å²) in [5.74, 6) is -0.540. The Balaban J connectivity index is 1.78. The van der Waals surface area contributed by atoms with E-state index < -0.39 is 0 Å². The molecule has 0 aliphatic carbocycles. The molecule has 1 aromatic carbocycles. The Morgan fingerprint density at radius 3 is 2.50 bits per heavy atom. The average molecular weight is 397 g/mol. The van der Waals surface area contributed by atoms with Gasteiger partial charge in [0.2, 0.25) is 5.91 Å². The normalized spacial score (nSPS) is 11.2. The summed E-state index contributed by atoms with van der Waals surface area (Å²) in [4.78, 5) is 25.7. The number of rotatable bonds is 6. The van der Waals surface area contributed by atoms with Gasteiger partial charge < -0.3 is 10.6 Å². The lowest BCUT2D eigenvalue weighted by molar-refractivity contribution is -0.121. The summed E-state index contributed by atoms with van der Waals surface area (Å²) in [6.45, 7) is 6.18. The highest BCUT2D eigenvalue weighted by atomic mass is 32.1. The van der Waals surface area contributed by atoms with Crippen LogP contribution >= 0.6 is 11.3 Å². The third kappa shape index (κ3) is 5.29. The first-order valence-corrected chi connectivity index (χ1v) is 9.94. The molecule has 0 saturated heterocycles. The van der Waals surface area contributed by atoms with Gasteiger partial charge in [-0.25, -0.2) is 0 Å². The topological polar surface area (TPSA) is 76.0 Å². The number of amides is 2. The number of thiophene rings is 1. The first kappa shape index (κ1) is 19.8. The number of nitrogens with one attached hydrogen (secondary N) is 2. The zero-order valence-electron chi connectivity index (χ0n) is 16.2. The lowest BCUT2D eigenvalue weighted by atomic mass is 10.1. The van der Waals surface area contributed by atoms with E-state index in [2.05, 4.69) is 15.7 Å². The van der Waals surface area contributed by atoms with Crippen molar-refractivity contribution in [2.45, 2.75) is 32.9 Å². The first-order valence-electron chi connectivity index (χ1n) is 9.06. The van der Waals surface area contributed by atoms with Crippen LogP contribution in [0.4, 0.5) is 0 Å². The fraction of sp³-hybridized carbons (Fsp3) is 0.286. The van der Waals surface area contributed by atoms with E-state index in [4.69, 9.17) is 0 Å². The molecule has 0 radical (unpaired) electrons. The lowest BCUT2D eigenvalue weighted by Crippen LogP contribution is -2.45. The standard InChI is InChI=1S/C21H24N4O2S/c1-21(2,3)23-18(26)12-22-20(27)16-14-25(13-15-8-5-4-6-9-15)24-19(16)17-10-7-11-28-17/h4-11,14H,12-13H2,1-3H3,(H,22,27)(H,23,26). The predicted molar refractivity (Wildman–Crippen MR) is 111 cm³/mol. The van der Waals surface area contributed by atoms with Crippen molar-refractivity contribution >= 4 is 23.2 Å². The average Bonchev–Trinajstić information content (AvgIpc) is 3.28. The summed E-state index contributed by atoms with van der Waals surface area (Å²) in [6, 6.07) is 13.8. The molecule has 2 aromatic heterocycles. The Morgan fingerprint density at radius 2 is 1.86 bits per heavy atom. The smallest absolute Gasteiger partial charge is 0.255 e. The van der Waals surface area contributed by atoms with Crippen LogP contribution in [0.25, 0.3) is 10.6 Å². The number of hydrogen-bond acceptors (Lipinski definition) is 4. The molecule has 6 nitrogen and oxygen atoms in total. The molecule has 2 heterocycles. The van der Waals surface area contributed by atoms with Crippen LogP contribution in [0.15, 0.2) is 54.0 Å². The minimum atomic E-state index is -0.343. The van der Waals surface area contributed by atoms with Crippen molar-refractivity contribution in [2.75, 3.05) is 6.54 Å². The summed E-state index contributed by atoms with van der Waals surface area (Å²) in [5.41, 5.74) is 1.84. The number of carbonyl (C=O) groups is 2. The van der Waals surface area contributed by atoms with E-state index >= 15 is 0 Å². The molecule has 0 unspecified atom stereocenters. The van der Waals surface area contributed by atoms with Crippen molar-refractivity contribution in [3.8, 4) is 10.6 Å². The second-order valence-corrected chi connectivity index (χ2v) is 8.48. The molecule has 0 aliphatic rings. The Labute approximate surface area is 168 Å². The molecule has 0 aliphatic heterocycles. The largest absolute Gasteiger partial charge is 0.350 e. The Kier molecular flexibility index (Phi) is 5.94. The van der Waals surface area contributed by atoms with Crippen LogP contribution in [-0.2, 0) is 11.3 Å². The molecule has 0 bridgehead atoms. The Morgan fingerprint density at radius 1 is 1.11 bits per heavy atom. The van der Waals surface area contributed by atoms with Gasteiger partial charge in [0.05, 0.1) is 23.5 Å². The quantitative estimate of drug-likeness (QED) is 0.671. The molecule has 2 N–H and O–H groups in total. The van der Waals surface area contributed by atoms with Gasteiger partial charge in [-0.05, 0) is 37.8 Å². The molecule has 2 amide bonds. The SMILES string of the molecule is CC(C)(C)NC(=O)CNC(=O)c1cn(Cc2ccccc2)nc1-c1cccs1. The van der Waals surface area contributed by atoms with Gasteiger partial charge in [-0.15, -0.1) is 11.3 Å². The van der Waals surface area contributed by atoms with Crippen LogP contribution in [0.1, 0.15) is 36.7 Å². The second kappa shape index (κ2) is 8.39. The van der Waals surface area contributed by atoms with Crippen LogP contribution in [0.5, 0.6) is 0 Å². The van der Waals surface area contributed by atoms with E-state index in [1.165, 1.54) is 11.3 Å². The van der Waals surface area contributed by atoms with Crippen molar-refractivity contribution < 1.29 is 9.59 Å². The van der Waals surface area contributed by atoms with Gasteiger partial charge in [0.1, 0.15) is 5.69 Å². The van der Waals surface area contributed by atoms with Gasteiger partial charge in [-0.1, -0.05) is 36.4 Å². The minimum absolute atomic E-state index is 0.0795. The lowest BCUT2D eigenvalue weighted by Gasteiger charge is -2.20. The maximum Gasteiger partial charge on any atom is 0.255 e. The van der Waals surface area contributed by atoms with Gasteiger partial charge in [0.25, 0.3) is 5.91 Å². The number of nitrogens with zero attached hydrogens (tertiary/aromatic N) is 2. The van der Waals surface area contributed by atoms with Crippen molar-refractivity contribution in [2.24, 2.45) is 0 Å². The summed E-state index contributed by atoms with van der Waals surface area (Å²) < 4.78 is 1.76. The van der Waals surface area contributed by atoms with E-state index in [1.54, 1.807) is 10.9 Å². The van der Waals surface area contributed by atoms with E-state index in [9.17, 15) is 9.59 Å². The highest BCUT2D eigenvalue weighted by Crippen LogP contribution is 2.27. The second-order valence-electron chi connectivity index (χ2n) is 7.53. The molecule has 28 heavy (non-hydrogen) atoms. The van der Waals surface area contributed by atoms with E-state index in [1.807, 2.05) is 68.6 Å². The zero-order valence-corrected chi connectivity index (χ0v) is 17.0. The van der Waals surface area contributed by atoms with Crippen molar-refractivity contribution in [1.82, 2.24) is 20.4 Å². The molecule has 7 heteroatoms. The van der Waals surface area contributed by atoms with E-state index in [0.29, 0.717) is 17.8 Å². The molecule has 3 aromatic rings. The third-order valence-electron chi connectivity index (χ3n) is 3.87. The molecular weight excluding hydrogens is 372 g/mol. The van der Waals surface area contributed by atoms with Gasteiger partial charge in [0.15, 0.2) is 0 Å². The number of aromatic nitrogens is 2. The first-order chi connectivity index (χ1) is 13.3. The van der Waals surface area contributed by atoms with E-state index in [0.717, 1.165) is 10.4 Å². The summed E-state index contributed by atoms with van der Waals surface area (Å²) in [7, 11) is 0. The molecular formula is C21H24N4O2S. The number of carbonyl (C=O) groups excluding carboxylic acids is 2. The van der Waals surface area contributed by atoms with Crippen LogP contribution in [0, 0.1) is 0 Å². The number of benzene rings is 1. The maximum atomic E-state index is 12.8. The Hall–Kier alpha value is -2.93. The van der Waals surface area contributed by atoms with Crippen LogP contribution in [-0.4, -0.2) is 33.7 Å². The number of hydrogen-bond donors (Lipinski definition) is 2. The molecule has 3 rings (SSSR count). The zero-order chi connectivity index (χ0) is 20.1. The van der Waals surface area contributed by atoms with Crippen molar-refractivity contribution in [1.29, 1.82) is 0 Å². The molecule has 0 spiro atoms. The highest BCUT2D eigenvalue weighted by molar-refractivity contribution is 7.13. The van der Waals surface area contributed by atoms with E-state index in [-0.39, 0.29) is 23.9 Å².